The quantitative estimate of drug-likeness (QED) is 0.849. The fourth-order valence-electron chi connectivity index (χ4n) is 3.04. The third-order valence-corrected chi connectivity index (χ3v) is 4.43. The summed E-state index contributed by atoms with van der Waals surface area (Å²) >= 11 is 6.28. The number of benzene rings is 1. The minimum absolute atomic E-state index is 0.115. The second-order valence-corrected chi connectivity index (χ2v) is 5.99. The molecular formula is C17H21ClN2O. The number of hydrogen-bond donors (Lipinski definition) is 1. The van der Waals surface area contributed by atoms with Crippen molar-refractivity contribution in [3.63, 3.8) is 0 Å². The van der Waals surface area contributed by atoms with Crippen LogP contribution in [0.3, 0.4) is 0 Å². The molecular weight excluding hydrogens is 284 g/mol. The lowest BCUT2D eigenvalue weighted by molar-refractivity contribution is 0.0916. The molecule has 4 heteroatoms. The van der Waals surface area contributed by atoms with Gasteiger partial charge >= 0.3 is 0 Å². The van der Waals surface area contributed by atoms with Gasteiger partial charge in [-0.1, -0.05) is 24.6 Å². The van der Waals surface area contributed by atoms with Crippen molar-refractivity contribution >= 4 is 22.5 Å². The molecule has 0 amide bonds. The highest BCUT2D eigenvalue weighted by Gasteiger charge is 2.31. The molecule has 1 aliphatic rings. The summed E-state index contributed by atoms with van der Waals surface area (Å²) in [5, 5.41) is 5.27. The number of rotatable bonds is 5. The zero-order chi connectivity index (χ0) is 14.7. The lowest BCUT2D eigenvalue weighted by Gasteiger charge is -2.20. The Labute approximate surface area is 130 Å². The molecule has 3 rings (SSSR count). The van der Waals surface area contributed by atoms with Crippen LogP contribution in [0.1, 0.15) is 31.4 Å². The highest BCUT2D eigenvalue weighted by Crippen LogP contribution is 2.38. The fraction of sp³-hybridized carbons (Fsp3) is 0.471. The normalized spacial score (nSPS) is 22.0. The molecule has 1 N–H and O–H groups in total. The molecule has 0 bridgehead atoms. The van der Waals surface area contributed by atoms with E-state index in [1.54, 1.807) is 0 Å². The molecule has 0 spiro atoms. The van der Waals surface area contributed by atoms with Gasteiger partial charge in [-0.2, -0.15) is 0 Å². The van der Waals surface area contributed by atoms with Gasteiger partial charge in [0.05, 0.1) is 11.6 Å². The average molecular weight is 305 g/mol. The van der Waals surface area contributed by atoms with Crippen molar-refractivity contribution in [2.24, 2.45) is 5.92 Å². The molecule has 1 aromatic carbocycles. The monoisotopic (exact) mass is 304 g/mol. The molecule has 2 aromatic rings. The number of nitrogens with one attached hydrogen (secondary N) is 1. The van der Waals surface area contributed by atoms with Crippen molar-refractivity contribution in [2.75, 3.05) is 19.7 Å². The third-order valence-electron chi connectivity index (χ3n) is 4.10. The molecule has 0 radical (unpaired) electrons. The van der Waals surface area contributed by atoms with E-state index in [1.807, 2.05) is 24.4 Å². The highest BCUT2D eigenvalue weighted by atomic mass is 35.5. The van der Waals surface area contributed by atoms with Gasteiger partial charge in [-0.15, -0.1) is 0 Å². The van der Waals surface area contributed by atoms with E-state index in [1.165, 1.54) is 0 Å². The second-order valence-electron chi connectivity index (χ2n) is 5.58. The first kappa shape index (κ1) is 14.8. The number of aromatic nitrogens is 1. The summed E-state index contributed by atoms with van der Waals surface area (Å²) < 4.78 is 6.01. The zero-order valence-corrected chi connectivity index (χ0v) is 13.1. The van der Waals surface area contributed by atoms with Gasteiger partial charge < -0.3 is 10.1 Å². The van der Waals surface area contributed by atoms with Crippen LogP contribution in [0.5, 0.6) is 0 Å². The Hall–Kier alpha value is -1.16. The number of pyridine rings is 1. The molecule has 1 aromatic heterocycles. The number of fused-ring (bicyclic) bond motifs is 1. The smallest absolute Gasteiger partial charge is 0.0887 e. The first-order chi connectivity index (χ1) is 10.3. The molecule has 21 heavy (non-hydrogen) atoms. The predicted octanol–water partition coefficient (Wildman–Crippen LogP) is 3.97. The van der Waals surface area contributed by atoms with Gasteiger partial charge in [-0.3, -0.25) is 4.98 Å². The Balaban J connectivity index is 1.90. The van der Waals surface area contributed by atoms with Gasteiger partial charge in [0.1, 0.15) is 0 Å². The molecule has 0 aliphatic carbocycles. The third kappa shape index (κ3) is 3.05. The van der Waals surface area contributed by atoms with Crippen molar-refractivity contribution in [1.82, 2.24) is 10.3 Å². The summed E-state index contributed by atoms with van der Waals surface area (Å²) in [6.07, 6.45) is 4.19. The minimum Gasteiger partial charge on any atom is -0.373 e. The molecule has 0 saturated carbocycles. The Bertz CT molecular complexity index is 617. The van der Waals surface area contributed by atoms with Gasteiger partial charge in [0, 0.05) is 41.2 Å². The summed E-state index contributed by atoms with van der Waals surface area (Å²) in [6, 6.07) is 7.97. The van der Waals surface area contributed by atoms with E-state index in [9.17, 15) is 0 Å². The van der Waals surface area contributed by atoms with Gasteiger partial charge in [0.2, 0.25) is 0 Å². The summed E-state index contributed by atoms with van der Waals surface area (Å²) in [5.74, 6) is 0.503. The Kier molecular flexibility index (Phi) is 4.73. The van der Waals surface area contributed by atoms with E-state index >= 15 is 0 Å². The van der Waals surface area contributed by atoms with E-state index in [2.05, 4.69) is 23.3 Å². The Morgan fingerprint density at radius 1 is 1.38 bits per heavy atom. The van der Waals surface area contributed by atoms with Gasteiger partial charge in [0.25, 0.3) is 0 Å². The van der Waals surface area contributed by atoms with E-state index in [4.69, 9.17) is 16.3 Å². The van der Waals surface area contributed by atoms with Crippen molar-refractivity contribution in [2.45, 2.75) is 25.9 Å². The van der Waals surface area contributed by atoms with Crippen molar-refractivity contribution in [1.29, 1.82) is 0 Å². The maximum absolute atomic E-state index is 6.28. The van der Waals surface area contributed by atoms with Crippen molar-refractivity contribution in [3.05, 3.63) is 41.0 Å². The van der Waals surface area contributed by atoms with E-state index < -0.39 is 0 Å². The van der Waals surface area contributed by atoms with E-state index in [-0.39, 0.29) is 6.10 Å². The zero-order valence-electron chi connectivity index (χ0n) is 12.3. The molecule has 2 heterocycles. The number of ether oxygens (including phenoxy) is 1. The van der Waals surface area contributed by atoms with Gasteiger partial charge in [-0.25, -0.2) is 0 Å². The summed E-state index contributed by atoms with van der Waals surface area (Å²) in [4.78, 5) is 4.53. The van der Waals surface area contributed by atoms with Crippen LogP contribution in [0.25, 0.3) is 10.9 Å². The number of halogens is 1. The van der Waals surface area contributed by atoms with E-state index in [0.29, 0.717) is 5.92 Å². The molecule has 1 aliphatic heterocycles. The predicted molar refractivity (Wildman–Crippen MR) is 86.7 cm³/mol. The fourth-order valence-corrected chi connectivity index (χ4v) is 3.26. The second kappa shape index (κ2) is 6.73. The minimum atomic E-state index is 0.115. The van der Waals surface area contributed by atoms with Crippen LogP contribution in [0, 0.1) is 5.92 Å². The maximum atomic E-state index is 6.28. The first-order valence-corrected chi connectivity index (χ1v) is 8.04. The lowest BCUT2D eigenvalue weighted by atomic mass is 9.93. The standard InChI is InChI=1S/C17H21ClN2O/c1-2-8-19-11-12-7-10-21-17(12)14-5-6-15(18)13-4-3-9-20-16(13)14/h3-6,9,12,17,19H,2,7-8,10-11H2,1H3. The van der Waals surface area contributed by atoms with Crippen LogP contribution in [-0.4, -0.2) is 24.7 Å². The van der Waals surface area contributed by atoms with Crippen molar-refractivity contribution < 1.29 is 4.74 Å². The molecule has 3 nitrogen and oxygen atoms in total. The van der Waals surface area contributed by atoms with Crippen LogP contribution in [-0.2, 0) is 4.74 Å². The van der Waals surface area contributed by atoms with Gasteiger partial charge in [0.15, 0.2) is 0 Å². The van der Waals surface area contributed by atoms with Crippen LogP contribution in [0.4, 0.5) is 0 Å². The van der Waals surface area contributed by atoms with Crippen LogP contribution >= 0.6 is 11.6 Å². The SMILES string of the molecule is CCCNCC1CCOC1c1ccc(Cl)c2cccnc12. The lowest BCUT2D eigenvalue weighted by Crippen LogP contribution is -2.25. The van der Waals surface area contributed by atoms with Gasteiger partial charge in [-0.05, 0) is 37.6 Å². The maximum Gasteiger partial charge on any atom is 0.0887 e. The van der Waals surface area contributed by atoms with Crippen LogP contribution in [0.2, 0.25) is 5.02 Å². The first-order valence-electron chi connectivity index (χ1n) is 7.66. The summed E-state index contributed by atoms with van der Waals surface area (Å²) in [5.41, 5.74) is 2.13. The number of nitrogens with zero attached hydrogens (tertiary/aromatic N) is 1. The van der Waals surface area contributed by atoms with Crippen LogP contribution in [0.15, 0.2) is 30.5 Å². The number of hydrogen-bond acceptors (Lipinski definition) is 3. The highest BCUT2D eigenvalue weighted by molar-refractivity contribution is 6.35. The summed E-state index contributed by atoms with van der Waals surface area (Å²) in [6.45, 7) is 5.06. The van der Waals surface area contributed by atoms with E-state index in [0.717, 1.165) is 54.0 Å². The van der Waals surface area contributed by atoms with Crippen LogP contribution < -0.4 is 5.32 Å². The Morgan fingerprint density at radius 3 is 3.14 bits per heavy atom. The molecule has 1 fully saturated rings. The Morgan fingerprint density at radius 2 is 2.29 bits per heavy atom. The molecule has 112 valence electrons. The largest absolute Gasteiger partial charge is 0.373 e. The molecule has 2 atom stereocenters. The summed E-state index contributed by atoms with van der Waals surface area (Å²) in [7, 11) is 0. The molecule has 1 saturated heterocycles. The molecule has 2 unspecified atom stereocenters. The topological polar surface area (TPSA) is 34.1 Å². The van der Waals surface area contributed by atoms with Crippen molar-refractivity contribution in [3.8, 4) is 0 Å². The average Bonchev–Trinajstić information content (AvgIpc) is 2.97.